The molecule has 0 aromatic heterocycles. The van der Waals surface area contributed by atoms with Crippen LogP contribution in [-0.2, 0) is 22.6 Å². The normalized spacial score (nSPS) is 19.5. The molecule has 7 heteroatoms. The molecule has 1 heterocycles. The zero-order chi connectivity index (χ0) is 20.8. The third kappa shape index (κ3) is 5.79. The molecule has 0 bridgehead atoms. The Morgan fingerprint density at radius 3 is 2.45 bits per heavy atom. The second-order valence-electron chi connectivity index (χ2n) is 7.46. The van der Waals surface area contributed by atoms with Gasteiger partial charge >= 0.3 is 0 Å². The zero-order valence-corrected chi connectivity index (χ0v) is 16.4. The maximum atomic E-state index is 13.1. The SMILES string of the molecule is CN(Cc1ccccc1)C(=O)[C@H](Cc1ccc(O)cc1)NC(=O)[C@@H]1C[C@@H](O)CN1. The predicted molar refractivity (Wildman–Crippen MR) is 109 cm³/mol. The number of hydrogen-bond donors (Lipinski definition) is 4. The van der Waals surface area contributed by atoms with Gasteiger partial charge in [0.2, 0.25) is 11.8 Å². The average molecular weight is 397 g/mol. The van der Waals surface area contributed by atoms with Crippen molar-refractivity contribution in [2.45, 2.75) is 37.6 Å². The van der Waals surface area contributed by atoms with E-state index in [1.54, 1.807) is 36.2 Å². The maximum Gasteiger partial charge on any atom is 0.245 e. The summed E-state index contributed by atoms with van der Waals surface area (Å²) >= 11 is 0. The van der Waals surface area contributed by atoms with Crippen LogP contribution in [0, 0.1) is 0 Å². The fourth-order valence-electron chi connectivity index (χ4n) is 3.46. The molecule has 29 heavy (non-hydrogen) atoms. The summed E-state index contributed by atoms with van der Waals surface area (Å²) in [5.41, 5.74) is 1.83. The van der Waals surface area contributed by atoms with Gasteiger partial charge < -0.3 is 25.7 Å². The van der Waals surface area contributed by atoms with E-state index in [0.29, 0.717) is 25.9 Å². The number of aliphatic hydroxyl groups is 1. The fraction of sp³-hybridized carbons (Fsp3) is 0.364. The van der Waals surface area contributed by atoms with Crippen molar-refractivity contribution in [3.05, 3.63) is 65.7 Å². The molecule has 154 valence electrons. The van der Waals surface area contributed by atoms with Crippen molar-refractivity contribution in [2.75, 3.05) is 13.6 Å². The summed E-state index contributed by atoms with van der Waals surface area (Å²) in [6.07, 6.45) is 0.0724. The Bertz CT molecular complexity index is 826. The lowest BCUT2D eigenvalue weighted by Crippen LogP contribution is -2.52. The van der Waals surface area contributed by atoms with Gasteiger partial charge in [0, 0.05) is 26.6 Å². The molecule has 2 amide bonds. The van der Waals surface area contributed by atoms with Crippen LogP contribution < -0.4 is 10.6 Å². The number of β-amino-alcohol motifs (C(OH)–C–C–N with tert-alkyl or cyclic N) is 1. The molecule has 1 aliphatic rings. The van der Waals surface area contributed by atoms with Crippen LogP contribution in [0.2, 0.25) is 0 Å². The molecule has 3 atom stereocenters. The quantitative estimate of drug-likeness (QED) is 0.554. The summed E-state index contributed by atoms with van der Waals surface area (Å²) in [6, 6.07) is 15.0. The van der Waals surface area contributed by atoms with Gasteiger partial charge in [-0.25, -0.2) is 0 Å². The summed E-state index contributed by atoms with van der Waals surface area (Å²) in [5.74, 6) is -0.355. The molecule has 0 saturated carbocycles. The number of carbonyl (C=O) groups excluding carboxylic acids is 2. The van der Waals surface area contributed by atoms with Gasteiger partial charge in [-0.15, -0.1) is 0 Å². The van der Waals surface area contributed by atoms with Crippen molar-refractivity contribution in [3.8, 4) is 5.75 Å². The molecule has 3 rings (SSSR count). The number of nitrogens with one attached hydrogen (secondary N) is 2. The van der Waals surface area contributed by atoms with Gasteiger partial charge in [-0.3, -0.25) is 9.59 Å². The number of amides is 2. The Balaban J connectivity index is 1.72. The number of likely N-dealkylation sites (N-methyl/N-ethyl adjacent to an activating group) is 1. The van der Waals surface area contributed by atoms with Gasteiger partial charge in [0.25, 0.3) is 0 Å². The predicted octanol–water partition coefficient (Wildman–Crippen LogP) is 0.801. The van der Waals surface area contributed by atoms with Gasteiger partial charge in [-0.05, 0) is 29.7 Å². The Hall–Kier alpha value is -2.90. The summed E-state index contributed by atoms with van der Waals surface area (Å²) in [7, 11) is 1.71. The van der Waals surface area contributed by atoms with E-state index >= 15 is 0 Å². The molecule has 1 aliphatic heterocycles. The van der Waals surface area contributed by atoms with E-state index in [0.717, 1.165) is 11.1 Å². The van der Waals surface area contributed by atoms with Crippen LogP contribution in [0.5, 0.6) is 5.75 Å². The minimum atomic E-state index is -0.750. The third-order valence-corrected chi connectivity index (χ3v) is 5.05. The number of nitrogens with zero attached hydrogens (tertiary/aromatic N) is 1. The summed E-state index contributed by atoms with van der Waals surface area (Å²) in [4.78, 5) is 27.4. The van der Waals surface area contributed by atoms with Gasteiger partial charge in [-0.2, -0.15) is 0 Å². The highest BCUT2D eigenvalue weighted by molar-refractivity contribution is 5.90. The standard InChI is InChI=1S/C22H27N3O4/c1-25(14-16-5-3-2-4-6-16)22(29)20(11-15-7-9-17(26)10-8-15)24-21(28)19-12-18(27)13-23-19/h2-10,18-20,23,26-27H,11-14H2,1H3,(H,24,28)/t18-,19+,20+/m1/s1. The van der Waals surface area contributed by atoms with E-state index in [-0.39, 0.29) is 17.6 Å². The molecular weight excluding hydrogens is 370 g/mol. The van der Waals surface area contributed by atoms with Crippen molar-refractivity contribution in [1.82, 2.24) is 15.5 Å². The van der Waals surface area contributed by atoms with E-state index in [4.69, 9.17) is 0 Å². The number of hydrogen-bond acceptors (Lipinski definition) is 5. The molecule has 0 radical (unpaired) electrons. The van der Waals surface area contributed by atoms with Gasteiger partial charge in [0.15, 0.2) is 0 Å². The number of aliphatic hydroxyl groups excluding tert-OH is 1. The van der Waals surface area contributed by atoms with E-state index in [2.05, 4.69) is 10.6 Å². The van der Waals surface area contributed by atoms with Crippen molar-refractivity contribution in [2.24, 2.45) is 0 Å². The van der Waals surface area contributed by atoms with Crippen LogP contribution in [-0.4, -0.2) is 58.7 Å². The summed E-state index contributed by atoms with van der Waals surface area (Å²) < 4.78 is 0. The van der Waals surface area contributed by atoms with E-state index in [1.165, 1.54) is 0 Å². The molecule has 1 fully saturated rings. The number of aromatic hydroxyl groups is 1. The largest absolute Gasteiger partial charge is 0.508 e. The molecular formula is C22H27N3O4. The average Bonchev–Trinajstić information content (AvgIpc) is 3.16. The van der Waals surface area contributed by atoms with E-state index in [9.17, 15) is 19.8 Å². The highest BCUT2D eigenvalue weighted by Gasteiger charge is 2.32. The zero-order valence-electron chi connectivity index (χ0n) is 16.4. The Morgan fingerprint density at radius 1 is 1.14 bits per heavy atom. The molecule has 1 saturated heterocycles. The van der Waals surface area contributed by atoms with Gasteiger partial charge in [0.05, 0.1) is 12.1 Å². The number of phenols is 1. The van der Waals surface area contributed by atoms with Crippen LogP contribution in [0.15, 0.2) is 54.6 Å². The van der Waals surface area contributed by atoms with E-state index in [1.807, 2.05) is 30.3 Å². The summed E-state index contributed by atoms with van der Waals surface area (Å²) in [5, 5.41) is 25.0. The Labute approximate surface area is 170 Å². The smallest absolute Gasteiger partial charge is 0.245 e. The van der Waals surface area contributed by atoms with Crippen molar-refractivity contribution >= 4 is 11.8 Å². The molecule has 0 spiro atoms. The number of rotatable bonds is 7. The number of benzene rings is 2. The number of phenolic OH excluding ortho intramolecular Hbond substituents is 1. The molecule has 7 nitrogen and oxygen atoms in total. The third-order valence-electron chi connectivity index (χ3n) is 5.05. The molecule has 0 aliphatic carbocycles. The molecule has 4 N–H and O–H groups in total. The minimum Gasteiger partial charge on any atom is -0.508 e. The summed E-state index contributed by atoms with van der Waals surface area (Å²) in [6.45, 7) is 0.796. The first kappa shape index (κ1) is 20.8. The van der Waals surface area contributed by atoms with Gasteiger partial charge in [-0.1, -0.05) is 42.5 Å². The van der Waals surface area contributed by atoms with Crippen LogP contribution in [0.4, 0.5) is 0 Å². The Kier molecular flexibility index (Phi) is 6.85. The molecule has 2 aromatic carbocycles. The van der Waals surface area contributed by atoms with Crippen LogP contribution >= 0.6 is 0 Å². The second kappa shape index (κ2) is 9.54. The molecule has 0 unspecified atom stereocenters. The van der Waals surface area contributed by atoms with Crippen LogP contribution in [0.25, 0.3) is 0 Å². The number of carbonyl (C=O) groups is 2. The highest BCUT2D eigenvalue weighted by atomic mass is 16.3. The van der Waals surface area contributed by atoms with Crippen molar-refractivity contribution in [3.63, 3.8) is 0 Å². The lowest BCUT2D eigenvalue weighted by molar-refractivity contribution is -0.136. The topological polar surface area (TPSA) is 102 Å². The molecule has 2 aromatic rings. The lowest BCUT2D eigenvalue weighted by Gasteiger charge is -2.26. The van der Waals surface area contributed by atoms with Crippen LogP contribution in [0.3, 0.4) is 0 Å². The maximum absolute atomic E-state index is 13.1. The second-order valence-corrected chi connectivity index (χ2v) is 7.46. The highest BCUT2D eigenvalue weighted by Crippen LogP contribution is 2.14. The van der Waals surface area contributed by atoms with Gasteiger partial charge in [0.1, 0.15) is 11.8 Å². The minimum absolute atomic E-state index is 0.144. The monoisotopic (exact) mass is 397 g/mol. The van der Waals surface area contributed by atoms with Crippen LogP contribution in [0.1, 0.15) is 17.5 Å². The van der Waals surface area contributed by atoms with Crippen molar-refractivity contribution < 1.29 is 19.8 Å². The first-order chi connectivity index (χ1) is 13.9. The lowest BCUT2D eigenvalue weighted by atomic mass is 10.0. The van der Waals surface area contributed by atoms with Crippen molar-refractivity contribution in [1.29, 1.82) is 0 Å². The van der Waals surface area contributed by atoms with E-state index < -0.39 is 18.2 Å². The Morgan fingerprint density at radius 2 is 1.83 bits per heavy atom. The fourth-order valence-corrected chi connectivity index (χ4v) is 3.46. The first-order valence-electron chi connectivity index (χ1n) is 9.71. The first-order valence-corrected chi connectivity index (χ1v) is 9.71.